The molecule has 0 heterocycles. The molecule has 2 rings (SSSR count). The van der Waals surface area contributed by atoms with E-state index in [1.165, 1.54) is 0 Å². The lowest BCUT2D eigenvalue weighted by Gasteiger charge is -2.07. The summed E-state index contributed by atoms with van der Waals surface area (Å²) < 4.78 is 0. The molecule has 0 fully saturated rings. The molecule has 0 aliphatic heterocycles. The number of phenolic OH excluding ortho intramolecular Hbond substituents is 2. The van der Waals surface area contributed by atoms with Crippen molar-refractivity contribution in [2.45, 2.75) is 6.54 Å². The lowest BCUT2D eigenvalue weighted by atomic mass is 10.2. The van der Waals surface area contributed by atoms with Crippen LogP contribution in [0.25, 0.3) is 0 Å². The average molecular weight is 215 g/mol. The predicted molar refractivity (Wildman–Crippen MR) is 63.5 cm³/mol. The van der Waals surface area contributed by atoms with Crippen molar-refractivity contribution >= 4 is 5.69 Å². The van der Waals surface area contributed by atoms with Gasteiger partial charge in [0, 0.05) is 17.8 Å². The third-order valence-corrected chi connectivity index (χ3v) is 2.34. The van der Waals surface area contributed by atoms with Gasteiger partial charge in [-0.1, -0.05) is 18.2 Å². The molecule has 0 atom stereocenters. The van der Waals surface area contributed by atoms with Crippen molar-refractivity contribution in [2.24, 2.45) is 0 Å². The molecule has 0 amide bonds. The highest BCUT2D eigenvalue weighted by Crippen LogP contribution is 2.18. The van der Waals surface area contributed by atoms with E-state index in [9.17, 15) is 5.11 Å². The minimum Gasteiger partial charge on any atom is -0.508 e. The number of aromatic hydroxyl groups is 2. The van der Waals surface area contributed by atoms with Crippen LogP contribution >= 0.6 is 0 Å². The van der Waals surface area contributed by atoms with Crippen LogP contribution in [0.2, 0.25) is 0 Å². The van der Waals surface area contributed by atoms with Gasteiger partial charge in [0.05, 0.1) is 0 Å². The minimum atomic E-state index is 0.244. The monoisotopic (exact) mass is 215 g/mol. The molecule has 0 aliphatic carbocycles. The number of benzene rings is 2. The Hall–Kier alpha value is -2.16. The summed E-state index contributed by atoms with van der Waals surface area (Å²) in [4.78, 5) is 0. The summed E-state index contributed by atoms with van der Waals surface area (Å²) in [6.45, 7) is 0.553. The van der Waals surface area contributed by atoms with Crippen LogP contribution < -0.4 is 5.32 Å². The summed E-state index contributed by atoms with van der Waals surface area (Å²) in [5, 5.41) is 21.8. The highest BCUT2D eigenvalue weighted by molar-refractivity contribution is 5.47. The number of rotatable bonds is 3. The Labute approximate surface area is 94.0 Å². The molecule has 0 spiro atoms. The first-order valence-electron chi connectivity index (χ1n) is 5.05. The largest absolute Gasteiger partial charge is 0.508 e. The Kier molecular flexibility index (Phi) is 2.96. The molecule has 0 aliphatic rings. The van der Waals surface area contributed by atoms with Crippen LogP contribution in [0.3, 0.4) is 0 Å². The lowest BCUT2D eigenvalue weighted by Crippen LogP contribution is -1.98. The van der Waals surface area contributed by atoms with Gasteiger partial charge in [-0.3, -0.25) is 0 Å². The van der Waals surface area contributed by atoms with Crippen molar-refractivity contribution in [3.05, 3.63) is 54.1 Å². The first-order valence-corrected chi connectivity index (χ1v) is 5.05. The van der Waals surface area contributed by atoms with Crippen molar-refractivity contribution < 1.29 is 10.2 Å². The van der Waals surface area contributed by atoms with E-state index in [2.05, 4.69) is 5.32 Å². The molecule has 82 valence electrons. The Morgan fingerprint density at radius 1 is 0.875 bits per heavy atom. The SMILES string of the molecule is Oc1ccc(NCc2ccccc2O)cc1. The topological polar surface area (TPSA) is 52.5 Å². The average Bonchev–Trinajstić information content (AvgIpc) is 2.30. The molecule has 2 aromatic carbocycles. The van der Waals surface area contributed by atoms with E-state index in [1.807, 2.05) is 12.1 Å². The minimum absolute atomic E-state index is 0.244. The molecular weight excluding hydrogens is 202 g/mol. The van der Waals surface area contributed by atoms with Gasteiger partial charge in [0.1, 0.15) is 11.5 Å². The van der Waals surface area contributed by atoms with E-state index in [4.69, 9.17) is 5.11 Å². The maximum Gasteiger partial charge on any atom is 0.120 e. The van der Waals surface area contributed by atoms with Gasteiger partial charge in [-0.2, -0.15) is 0 Å². The van der Waals surface area contributed by atoms with E-state index in [0.717, 1.165) is 11.3 Å². The Balaban J connectivity index is 2.02. The van der Waals surface area contributed by atoms with Crippen molar-refractivity contribution in [3.63, 3.8) is 0 Å². The predicted octanol–water partition coefficient (Wildman–Crippen LogP) is 2.71. The fourth-order valence-corrected chi connectivity index (χ4v) is 1.44. The van der Waals surface area contributed by atoms with E-state index >= 15 is 0 Å². The first-order chi connectivity index (χ1) is 7.75. The summed E-state index contributed by atoms with van der Waals surface area (Å²) in [6.07, 6.45) is 0. The number of hydrogen-bond acceptors (Lipinski definition) is 3. The van der Waals surface area contributed by atoms with Crippen molar-refractivity contribution in [1.82, 2.24) is 0 Å². The third kappa shape index (κ3) is 2.45. The summed E-state index contributed by atoms with van der Waals surface area (Å²) in [5.74, 6) is 0.530. The smallest absolute Gasteiger partial charge is 0.120 e. The van der Waals surface area contributed by atoms with E-state index < -0.39 is 0 Å². The maximum absolute atomic E-state index is 9.55. The molecule has 16 heavy (non-hydrogen) atoms. The second-order valence-corrected chi connectivity index (χ2v) is 3.53. The lowest BCUT2D eigenvalue weighted by molar-refractivity contribution is 0.469. The van der Waals surface area contributed by atoms with Crippen LogP contribution in [-0.2, 0) is 6.54 Å². The number of anilines is 1. The molecule has 3 heteroatoms. The number of nitrogens with one attached hydrogen (secondary N) is 1. The van der Waals surface area contributed by atoms with Crippen LogP contribution in [0, 0.1) is 0 Å². The van der Waals surface area contributed by atoms with Gasteiger partial charge in [0.15, 0.2) is 0 Å². The summed E-state index contributed by atoms with van der Waals surface area (Å²) in [5.41, 5.74) is 1.75. The van der Waals surface area contributed by atoms with Gasteiger partial charge in [0.25, 0.3) is 0 Å². The Morgan fingerprint density at radius 3 is 2.25 bits per heavy atom. The molecular formula is C13H13NO2. The highest BCUT2D eigenvalue weighted by atomic mass is 16.3. The van der Waals surface area contributed by atoms with E-state index in [1.54, 1.807) is 36.4 Å². The summed E-state index contributed by atoms with van der Waals surface area (Å²) >= 11 is 0. The molecule has 0 saturated carbocycles. The normalized spacial score (nSPS) is 10.0. The van der Waals surface area contributed by atoms with Crippen molar-refractivity contribution in [1.29, 1.82) is 0 Å². The molecule has 0 unspecified atom stereocenters. The van der Waals surface area contributed by atoms with Gasteiger partial charge in [-0.05, 0) is 30.3 Å². The second kappa shape index (κ2) is 4.57. The highest BCUT2D eigenvalue weighted by Gasteiger charge is 1.99. The third-order valence-electron chi connectivity index (χ3n) is 2.34. The van der Waals surface area contributed by atoms with Gasteiger partial charge in [-0.15, -0.1) is 0 Å². The number of para-hydroxylation sites is 1. The zero-order valence-corrected chi connectivity index (χ0v) is 8.72. The summed E-state index contributed by atoms with van der Waals surface area (Å²) in [6, 6.07) is 14.0. The number of phenols is 2. The zero-order chi connectivity index (χ0) is 11.4. The molecule has 0 saturated heterocycles. The summed E-state index contributed by atoms with van der Waals surface area (Å²) in [7, 11) is 0. The fraction of sp³-hybridized carbons (Fsp3) is 0.0769. The van der Waals surface area contributed by atoms with Crippen LogP contribution in [0.4, 0.5) is 5.69 Å². The molecule has 0 bridgehead atoms. The van der Waals surface area contributed by atoms with Crippen molar-refractivity contribution in [3.8, 4) is 11.5 Å². The van der Waals surface area contributed by atoms with Gasteiger partial charge >= 0.3 is 0 Å². The first kappa shape index (κ1) is 10.4. The van der Waals surface area contributed by atoms with Crippen LogP contribution in [0.1, 0.15) is 5.56 Å². The Morgan fingerprint density at radius 2 is 1.56 bits per heavy atom. The fourth-order valence-electron chi connectivity index (χ4n) is 1.44. The van der Waals surface area contributed by atoms with Gasteiger partial charge in [-0.25, -0.2) is 0 Å². The van der Waals surface area contributed by atoms with Gasteiger partial charge in [0.2, 0.25) is 0 Å². The van der Waals surface area contributed by atoms with Crippen LogP contribution in [0.5, 0.6) is 11.5 Å². The second-order valence-electron chi connectivity index (χ2n) is 3.53. The standard InChI is InChI=1S/C13H13NO2/c15-12-7-5-11(6-8-12)14-9-10-3-1-2-4-13(10)16/h1-8,14-16H,9H2. The molecule has 0 aromatic heterocycles. The Bertz CT molecular complexity index is 466. The quantitative estimate of drug-likeness (QED) is 0.690. The molecule has 3 nitrogen and oxygen atoms in total. The van der Waals surface area contributed by atoms with Crippen molar-refractivity contribution in [2.75, 3.05) is 5.32 Å². The van der Waals surface area contributed by atoms with Gasteiger partial charge < -0.3 is 15.5 Å². The maximum atomic E-state index is 9.55. The molecule has 0 radical (unpaired) electrons. The van der Waals surface area contributed by atoms with Crippen LogP contribution in [0.15, 0.2) is 48.5 Å². The van der Waals surface area contributed by atoms with E-state index in [-0.39, 0.29) is 11.5 Å². The van der Waals surface area contributed by atoms with Crippen LogP contribution in [-0.4, -0.2) is 10.2 Å². The van der Waals surface area contributed by atoms with E-state index in [0.29, 0.717) is 6.54 Å². The molecule has 3 N–H and O–H groups in total. The number of hydrogen-bond donors (Lipinski definition) is 3. The molecule has 2 aromatic rings. The zero-order valence-electron chi connectivity index (χ0n) is 8.72.